The minimum atomic E-state index is -1.14. The van der Waals surface area contributed by atoms with E-state index in [1.807, 2.05) is 6.92 Å². The molecule has 1 unspecified atom stereocenters. The van der Waals surface area contributed by atoms with Crippen LogP contribution in [-0.4, -0.2) is 34.5 Å². The van der Waals surface area contributed by atoms with Crippen LogP contribution in [0.3, 0.4) is 0 Å². The van der Waals surface area contributed by atoms with Crippen molar-refractivity contribution >= 4 is 28.9 Å². The first-order chi connectivity index (χ1) is 10.8. The number of carbonyl (C=O) groups excluding carboxylic acids is 1. The number of carbonyl (C=O) groups is 2. The molecule has 0 aliphatic carbocycles. The zero-order valence-electron chi connectivity index (χ0n) is 12.7. The molecule has 0 spiro atoms. The first-order valence-corrected chi connectivity index (χ1v) is 7.15. The van der Waals surface area contributed by atoms with E-state index in [-0.39, 0.29) is 23.5 Å². The zero-order valence-corrected chi connectivity index (χ0v) is 12.7. The largest absolute Gasteiger partial charge is 0.480 e. The van der Waals surface area contributed by atoms with Crippen LogP contribution >= 0.6 is 0 Å². The van der Waals surface area contributed by atoms with Crippen LogP contribution in [0.25, 0.3) is 0 Å². The third kappa shape index (κ3) is 5.91. The Morgan fingerprint density at radius 1 is 1.43 bits per heavy atom. The molecule has 1 aromatic carbocycles. The van der Waals surface area contributed by atoms with E-state index in [0.717, 1.165) is 18.9 Å². The highest BCUT2D eigenvalue weighted by molar-refractivity contribution is 5.96. The monoisotopic (exact) mass is 324 g/mol. The summed E-state index contributed by atoms with van der Waals surface area (Å²) in [6, 6.07) is 2.63. The Labute approximate surface area is 133 Å². The zero-order chi connectivity index (χ0) is 17.4. The van der Waals surface area contributed by atoms with Gasteiger partial charge in [-0.2, -0.15) is 0 Å². The fourth-order valence-electron chi connectivity index (χ4n) is 1.85. The minimum Gasteiger partial charge on any atom is -0.480 e. The number of nitrogens with two attached hydrogens (primary N) is 1. The van der Waals surface area contributed by atoms with Crippen molar-refractivity contribution in [2.45, 2.75) is 32.2 Å². The van der Waals surface area contributed by atoms with E-state index in [9.17, 15) is 19.7 Å². The van der Waals surface area contributed by atoms with Gasteiger partial charge in [-0.1, -0.05) is 13.3 Å². The summed E-state index contributed by atoms with van der Waals surface area (Å²) in [5.41, 5.74) is 5.69. The number of unbranched alkanes of at least 4 members (excludes halogenated alkanes) is 1. The average molecular weight is 324 g/mol. The molecule has 126 valence electrons. The van der Waals surface area contributed by atoms with Crippen molar-refractivity contribution in [2.75, 3.05) is 17.6 Å². The average Bonchev–Trinajstić information content (AvgIpc) is 2.48. The van der Waals surface area contributed by atoms with Gasteiger partial charge in [0.15, 0.2) is 0 Å². The summed E-state index contributed by atoms with van der Waals surface area (Å²) in [7, 11) is 0. The molecule has 9 heteroatoms. The van der Waals surface area contributed by atoms with Gasteiger partial charge in [0.25, 0.3) is 5.69 Å². The Kier molecular flexibility index (Phi) is 6.94. The van der Waals surface area contributed by atoms with Crippen molar-refractivity contribution in [3.8, 4) is 0 Å². The van der Waals surface area contributed by atoms with Gasteiger partial charge in [-0.3, -0.25) is 19.7 Å². The fourth-order valence-corrected chi connectivity index (χ4v) is 1.85. The highest BCUT2D eigenvalue weighted by atomic mass is 16.6. The Bertz CT molecular complexity index is 591. The van der Waals surface area contributed by atoms with Crippen LogP contribution in [0.4, 0.5) is 17.1 Å². The fraction of sp³-hybridized carbons (Fsp3) is 0.429. The van der Waals surface area contributed by atoms with Crippen LogP contribution < -0.4 is 16.4 Å². The van der Waals surface area contributed by atoms with Gasteiger partial charge in [0.1, 0.15) is 6.04 Å². The second kappa shape index (κ2) is 8.69. The summed E-state index contributed by atoms with van der Waals surface area (Å²) >= 11 is 0. The summed E-state index contributed by atoms with van der Waals surface area (Å²) in [6.07, 6.45) is 1.39. The van der Waals surface area contributed by atoms with Gasteiger partial charge in [-0.15, -0.1) is 0 Å². The second-order valence-corrected chi connectivity index (χ2v) is 4.98. The van der Waals surface area contributed by atoms with Crippen LogP contribution in [0.2, 0.25) is 0 Å². The summed E-state index contributed by atoms with van der Waals surface area (Å²) in [6.45, 7) is 2.45. The number of amides is 1. The lowest BCUT2D eigenvalue weighted by molar-refractivity contribution is -0.384. The molecule has 0 fully saturated rings. The lowest BCUT2D eigenvalue weighted by Crippen LogP contribution is -2.40. The number of benzene rings is 1. The molecule has 1 amide bonds. The maximum Gasteiger partial charge on any atom is 0.321 e. The highest BCUT2D eigenvalue weighted by Gasteiger charge is 2.21. The number of carboxylic acid groups (broad SMARTS) is 1. The Morgan fingerprint density at radius 2 is 2.13 bits per heavy atom. The van der Waals surface area contributed by atoms with E-state index in [1.165, 1.54) is 12.1 Å². The van der Waals surface area contributed by atoms with Gasteiger partial charge in [0.2, 0.25) is 5.91 Å². The number of nitrogens with one attached hydrogen (secondary N) is 2. The minimum absolute atomic E-state index is 0.0851. The quantitative estimate of drug-likeness (QED) is 0.232. The molecule has 0 saturated heterocycles. The Balaban J connectivity index is 2.72. The first-order valence-electron chi connectivity index (χ1n) is 7.15. The lowest BCUT2D eigenvalue weighted by Gasteiger charge is -2.14. The van der Waals surface area contributed by atoms with Gasteiger partial charge in [0, 0.05) is 12.1 Å². The molecule has 1 aromatic rings. The molecule has 0 aromatic heterocycles. The lowest BCUT2D eigenvalue weighted by atomic mass is 10.1. The molecule has 23 heavy (non-hydrogen) atoms. The van der Waals surface area contributed by atoms with Crippen LogP contribution in [-0.2, 0) is 9.59 Å². The van der Waals surface area contributed by atoms with Crippen molar-refractivity contribution < 1.29 is 19.6 Å². The maximum atomic E-state index is 12.0. The molecule has 5 N–H and O–H groups in total. The molecular weight excluding hydrogens is 304 g/mol. The number of hydrogen-bond donors (Lipinski definition) is 4. The highest BCUT2D eigenvalue weighted by Crippen LogP contribution is 2.24. The normalized spacial score (nSPS) is 11.7. The van der Waals surface area contributed by atoms with E-state index in [2.05, 4.69) is 10.6 Å². The first kappa shape index (κ1) is 18.4. The van der Waals surface area contributed by atoms with Gasteiger partial charge in [0.05, 0.1) is 22.7 Å². The van der Waals surface area contributed by atoms with Crippen LogP contribution in [0.15, 0.2) is 18.2 Å². The van der Waals surface area contributed by atoms with Crippen molar-refractivity contribution in [3.05, 3.63) is 28.3 Å². The topological polar surface area (TPSA) is 148 Å². The van der Waals surface area contributed by atoms with E-state index in [1.54, 1.807) is 0 Å². The Morgan fingerprint density at radius 3 is 2.70 bits per heavy atom. The molecule has 0 radical (unpaired) electrons. The number of nitrogen functional groups attached to an aromatic ring is 1. The smallest absolute Gasteiger partial charge is 0.321 e. The van der Waals surface area contributed by atoms with Crippen LogP contribution in [0, 0.1) is 10.1 Å². The number of non-ortho nitro benzene ring substituents is 1. The summed E-state index contributed by atoms with van der Waals surface area (Å²) in [4.78, 5) is 33.2. The van der Waals surface area contributed by atoms with E-state index in [4.69, 9.17) is 10.8 Å². The third-order valence-corrected chi connectivity index (χ3v) is 3.13. The SMILES string of the molecule is CCCCNC(CC(=O)Nc1cc([N+](=O)[O-])ccc1N)C(=O)O. The number of carboxylic acids is 1. The molecule has 0 bridgehead atoms. The van der Waals surface area contributed by atoms with Gasteiger partial charge >= 0.3 is 5.97 Å². The molecule has 0 aliphatic heterocycles. The number of aliphatic carboxylic acids is 1. The summed E-state index contributed by atoms with van der Waals surface area (Å²) in [5.74, 6) is -1.73. The van der Waals surface area contributed by atoms with Crippen molar-refractivity contribution in [1.29, 1.82) is 0 Å². The molecule has 9 nitrogen and oxygen atoms in total. The molecule has 0 aliphatic rings. The van der Waals surface area contributed by atoms with E-state index in [0.29, 0.717) is 6.54 Å². The molecule has 0 heterocycles. The number of anilines is 2. The van der Waals surface area contributed by atoms with Crippen molar-refractivity contribution in [2.24, 2.45) is 0 Å². The number of rotatable bonds is 9. The van der Waals surface area contributed by atoms with Crippen LogP contribution in [0.1, 0.15) is 26.2 Å². The summed E-state index contributed by atoms with van der Waals surface area (Å²) < 4.78 is 0. The third-order valence-electron chi connectivity index (χ3n) is 3.13. The number of hydrogen-bond acceptors (Lipinski definition) is 6. The molecule has 1 atom stereocenters. The van der Waals surface area contributed by atoms with E-state index >= 15 is 0 Å². The van der Waals surface area contributed by atoms with Gasteiger partial charge in [-0.05, 0) is 19.0 Å². The van der Waals surface area contributed by atoms with Gasteiger partial charge < -0.3 is 21.5 Å². The second-order valence-electron chi connectivity index (χ2n) is 4.98. The van der Waals surface area contributed by atoms with Crippen LogP contribution in [0.5, 0.6) is 0 Å². The van der Waals surface area contributed by atoms with Crippen molar-refractivity contribution in [3.63, 3.8) is 0 Å². The van der Waals surface area contributed by atoms with Crippen molar-refractivity contribution in [1.82, 2.24) is 5.32 Å². The molecule has 1 rings (SSSR count). The number of nitro groups is 1. The number of nitrogens with zero attached hydrogens (tertiary/aromatic N) is 1. The molecule has 0 saturated carbocycles. The van der Waals surface area contributed by atoms with Gasteiger partial charge in [-0.25, -0.2) is 0 Å². The predicted molar refractivity (Wildman–Crippen MR) is 85.1 cm³/mol. The standard InChI is InChI=1S/C14H20N4O5/c1-2-3-6-16-12(14(20)21)8-13(19)17-11-7-9(18(22)23)4-5-10(11)15/h4-5,7,12,16H,2-3,6,8,15H2,1H3,(H,17,19)(H,20,21). The number of nitro benzene ring substituents is 1. The molecular formula is C14H20N4O5. The maximum absolute atomic E-state index is 12.0. The Hall–Kier alpha value is -2.68. The summed E-state index contributed by atoms with van der Waals surface area (Å²) in [5, 5.41) is 25.0. The van der Waals surface area contributed by atoms with E-state index < -0.39 is 22.8 Å². The predicted octanol–water partition coefficient (Wildman–Crippen LogP) is 1.35.